The molecular formula is C14H21NO2. The molecule has 0 amide bonds. The molecule has 0 fully saturated rings. The lowest BCUT2D eigenvalue weighted by Crippen LogP contribution is -2.32. The number of nitrogens with two attached hydrogens (primary N) is 1. The lowest BCUT2D eigenvalue weighted by Gasteiger charge is -2.18. The second-order valence-electron chi connectivity index (χ2n) is 4.66. The van der Waals surface area contributed by atoms with Crippen LogP contribution in [0.4, 0.5) is 0 Å². The fourth-order valence-electron chi connectivity index (χ4n) is 2.27. The molecule has 1 aromatic rings. The van der Waals surface area contributed by atoms with E-state index in [1.807, 2.05) is 6.07 Å². The average molecular weight is 235 g/mol. The minimum absolute atomic E-state index is 0.0592. The van der Waals surface area contributed by atoms with Gasteiger partial charge in [0.25, 0.3) is 0 Å². The molecule has 0 saturated carbocycles. The van der Waals surface area contributed by atoms with E-state index < -0.39 is 0 Å². The van der Waals surface area contributed by atoms with E-state index >= 15 is 0 Å². The molecule has 0 saturated heterocycles. The molecule has 1 atom stereocenters. The third-order valence-corrected chi connectivity index (χ3v) is 3.16. The van der Waals surface area contributed by atoms with Crippen LogP contribution in [0, 0.1) is 0 Å². The number of fused-ring (bicyclic) bond motifs is 1. The van der Waals surface area contributed by atoms with Crippen LogP contribution in [0.2, 0.25) is 0 Å². The molecule has 2 rings (SSSR count). The van der Waals surface area contributed by atoms with Crippen molar-refractivity contribution in [1.29, 1.82) is 0 Å². The maximum atomic E-state index is 5.82. The van der Waals surface area contributed by atoms with Crippen molar-refractivity contribution in [3.05, 3.63) is 29.3 Å². The van der Waals surface area contributed by atoms with Crippen LogP contribution in [-0.2, 0) is 17.6 Å². The Bertz CT molecular complexity index is 365. The minimum atomic E-state index is -0.0592. The first-order chi connectivity index (χ1) is 8.29. The predicted molar refractivity (Wildman–Crippen MR) is 68.4 cm³/mol. The molecule has 2 N–H and O–H groups in total. The Labute approximate surface area is 103 Å². The van der Waals surface area contributed by atoms with Crippen LogP contribution in [0.25, 0.3) is 0 Å². The third kappa shape index (κ3) is 3.45. The first-order valence-electron chi connectivity index (χ1n) is 6.28. The molecule has 1 unspecified atom stereocenters. The van der Waals surface area contributed by atoms with Gasteiger partial charge in [-0.05, 0) is 48.9 Å². The van der Waals surface area contributed by atoms with Crippen LogP contribution in [-0.4, -0.2) is 26.4 Å². The van der Waals surface area contributed by atoms with Gasteiger partial charge in [0.15, 0.2) is 0 Å². The maximum absolute atomic E-state index is 5.82. The normalized spacial score (nSPS) is 16.4. The summed E-state index contributed by atoms with van der Waals surface area (Å²) < 4.78 is 10.7. The molecule has 94 valence electrons. The summed E-state index contributed by atoms with van der Waals surface area (Å²) in [6, 6.07) is 6.33. The molecule has 17 heavy (non-hydrogen) atoms. The number of benzene rings is 1. The van der Waals surface area contributed by atoms with E-state index in [4.69, 9.17) is 15.2 Å². The van der Waals surface area contributed by atoms with Crippen molar-refractivity contribution in [3.8, 4) is 5.75 Å². The molecule has 0 radical (unpaired) electrons. The summed E-state index contributed by atoms with van der Waals surface area (Å²) in [5, 5.41) is 0. The Morgan fingerprint density at radius 1 is 1.18 bits per heavy atom. The fraction of sp³-hybridized carbons (Fsp3) is 0.571. The summed E-state index contributed by atoms with van der Waals surface area (Å²) in [5.74, 6) is 0.928. The van der Waals surface area contributed by atoms with Crippen molar-refractivity contribution in [3.63, 3.8) is 0 Å². The highest BCUT2D eigenvalue weighted by Crippen LogP contribution is 2.25. The van der Waals surface area contributed by atoms with Crippen LogP contribution in [0.15, 0.2) is 18.2 Å². The Morgan fingerprint density at radius 2 is 1.94 bits per heavy atom. The highest BCUT2D eigenvalue weighted by molar-refractivity contribution is 5.37. The van der Waals surface area contributed by atoms with E-state index in [9.17, 15) is 0 Å². The van der Waals surface area contributed by atoms with Gasteiger partial charge in [-0.2, -0.15) is 0 Å². The average Bonchev–Trinajstić information content (AvgIpc) is 2.36. The lowest BCUT2D eigenvalue weighted by molar-refractivity contribution is 0.152. The summed E-state index contributed by atoms with van der Waals surface area (Å²) in [5.41, 5.74) is 8.74. The molecular weight excluding hydrogens is 214 g/mol. The highest BCUT2D eigenvalue weighted by Gasteiger charge is 2.10. The van der Waals surface area contributed by atoms with Crippen LogP contribution in [0.5, 0.6) is 5.75 Å². The van der Waals surface area contributed by atoms with Gasteiger partial charge in [-0.3, -0.25) is 0 Å². The monoisotopic (exact) mass is 235 g/mol. The summed E-state index contributed by atoms with van der Waals surface area (Å²) in [4.78, 5) is 0. The van der Waals surface area contributed by atoms with Gasteiger partial charge in [0.1, 0.15) is 12.4 Å². The number of ether oxygens (including phenoxy) is 2. The third-order valence-electron chi connectivity index (χ3n) is 3.16. The predicted octanol–water partition coefficient (Wildman–Crippen LogP) is 1.92. The van der Waals surface area contributed by atoms with Gasteiger partial charge >= 0.3 is 0 Å². The molecule has 1 aromatic carbocycles. The summed E-state index contributed by atoms with van der Waals surface area (Å²) in [7, 11) is 1.65. The van der Waals surface area contributed by atoms with E-state index in [0.29, 0.717) is 13.2 Å². The molecule has 3 nitrogen and oxygen atoms in total. The van der Waals surface area contributed by atoms with Crippen LogP contribution < -0.4 is 10.5 Å². The van der Waals surface area contributed by atoms with Gasteiger partial charge in [0, 0.05) is 7.11 Å². The van der Waals surface area contributed by atoms with Crippen LogP contribution in [0.3, 0.4) is 0 Å². The molecule has 0 bridgehead atoms. The second-order valence-corrected chi connectivity index (χ2v) is 4.66. The summed E-state index contributed by atoms with van der Waals surface area (Å²) in [6.07, 6.45) is 4.99. The zero-order valence-electron chi connectivity index (χ0n) is 10.4. The van der Waals surface area contributed by atoms with Gasteiger partial charge in [-0.1, -0.05) is 6.07 Å². The standard InChI is InChI=1S/C14H21NO2/c1-16-9-13(15)10-17-14-7-6-11-4-2-3-5-12(11)8-14/h6-8,13H,2-5,9-10,15H2,1H3. The van der Waals surface area contributed by atoms with E-state index in [0.717, 1.165) is 5.75 Å². The summed E-state index contributed by atoms with van der Waals surface area (Å²) >= 11 is 0. The van der Waals surface area contributed by atoms with E-state index in [-0.39, 0.29) is 6.04 Å². The molecule has 0 spiro atoms. The van der Waals surface area contributed by atoms with Crippen LogP contribution in [0.1, 0.15) is 24.0 Å². The van der Waals surface area contributed by atoms with Crippen molar-refractivity contribution >= 4 is 0 Å². The van der Waals surface area contributed by atoms with Crippen LogP contribution >= 0.6 is 0 Å². The van der Waals surface area contributed by atoms with Crippen molar-refractivity contribution in [2.75, 3.05) is 20.3 Å². The van der Waals surface area contributed by atoms with E-state index in [2.05, 4.69) is 12.1 Å². The molecule has 0 heterocycles. The van der Waals surface area contributed by atoms with Gasteiger partial charge < -0.3 is 15.2 Å². The van der Waals surface area contributed by atoms with Gasteiger partial charge in [-0.15, -0.1) is 0 Å². The fourth-order valence-corrected chi connectivity index (χ4v) is 2.27. The lowest BCUT2D eigenvalue weighted by atomic mass is 9.92. The maximum Gasteiger partial charge on any atom is 0.119 e. The quantitative estimate of drug-likeness (QED) is 0.848. The van der Waals surface area contributed by atoms with Gasteiger partial charge in [-0.25, -0.2) is 0 Å². The first kappa shape index (κ1) is 12.4. The number of methoxy groups -OCH3 is 1. The number of aryl methyl sites for hydroxylation is 2. The highest BCUT2D eigenvalue weighted by atomic mass is 16.5. The Hall–Kier alpha value is -1.06. The SMILES string of the molecule is COCC(N)COc1ccc2c(c1)CCCC2. The van der Waals surface area contributed by atoms with Gasteiger partial charge in [0.05, 0.1) is 12.6 Å². The molecule has 1 aliphatic carbocycles. The smallest absolute Gasteiger partial charge is 0.119 e. The van der Waals surface area contributed by atoms with Crippen molar-refractivity contribution < 1.29 is 9.47 Å². The minimum Gasteiger partial charge on any atom is -0.492 e. The van der Waals surface area contributed by atoms with Crippen molar-refractivity contribution in [1.82, 2.24) is 0 Å². The molecule has 3 heteroatoms. The first-order valence-corrected chi connectivity index (χ1v) is 6.28. The zero-order chi connectivity index (χ0) is 12.1. The Kier molecular flexibility index (Phi) is 4.40. The largest absolute Gasteiger partial charge is 0.492 e. The number of rotatable bonds is 5. The Morgan fingerprint density at radius 3 is 2.71 bits per heavy atom. The van der Waals surface area contributed by atoms with Crippen molar-refractivity contribution in [2.45, 2.75) is 31.7 Å². The molecule has 1 aliphatic rings. The Balaban J connectivity index is 1.93. The zero-order valence-corrected chi connectivity index (χ0v) is 10.4. The van der Waals surface area contributed by atoms with Gasteiger partial charge in [0.2, 0.25) is 0 Å². The topological polar surface area (TPSA) is 44.5 Å². The number of hydrogen-bond donors (Lipinski definition) is 1. The van der Waals surface area contributed by atoms with Crippen molar-refractivity contribution in [2.24, 2.45) is 5.73 Å². The molecule has 0 aliphatic heterocycles. The second kappa shape index (κ2) is 6.03. The molecule has 0 aromatic heterocycles. The van der Waals surface area contributed by atoms with E-state index in [1.165, 1.54) is 36.8 Å². The number of hydrogen-bond acceptors (Lipinski definition) is 3. The summed E-state index contributed by atoms with van der Waals surface area (Å²) in [6.45, 7) is 1.04. The van der Waals surface area contributed by atoms with E-state index in [1.54, 1.807) is 7.11 Å².